The molecule has 0 aliphatic carbocycles. The number of ether oxygens (including phenoxy) is 2. The molecule has 0 aliphatic rings. The zero-order chi connectivity index (χ0) is 19.6. The maximum atomic E-state index is 12.2. The second kappa shape index (κ2) is 9.98. The number of nitro benzene ring substituents is 1. The summed E-state index contributed by atoms with van der Waals surface area (Å²) in [5, 5.41) is 11.1. The van der Waals surface area contributed by atoms with Crippen molar-refractivity contribution < 1.29 is 24.0 Å². The maximum absolute atomic E-state index is 12.2. The predicted octanol–water partition coefficient (Wildman–Crippen LogP) is 3.33. The number of Topliss-reactive ketones (excluding diaryl/α,β-unsaturated/α-hetero) is 1. The van der Waals surface area contributed by atoms with E-state index in [1.807, 2.05) is 30.3 Å². The molecule has 0 heterocycles. The zero-order valence-corrected chi connectivity index (χ0v) is 14.8. The van der Waals surface area contributed by atoms with Crippen molar-refractivity contribution in [1.29, 1.82) is 0 Å². The topological polar surface area (TPSA) is 95.7 Å². The maximum Gasteiger partial charge on any atom is 0.341 e. The van der Waals surface area contributed by atoms with Crippen LogP contribution in [0.15, 0.2) is 60.2 Å². The Balaban J connectivity index is 1.95. The summed E-state index contributed by atoms with van der Waals surface area (Å²) >= 11 is 0. The Morgan fingerprint density at radius 2 is 1.70 bits per heavy atom. The summed E-state index contributed by atoms with van der Waals surface area (Å²) < 4.78 is 10.5. The molecule has 2 rings (SSSR count). The van der Waals surface area contributed by atoms with Gasteiger partial charge in [0, 0.05) is 6.07 Å². The highest BCUT2D eigenvalue weighted by molar-refractivity contribution is 6.20. The van der Waals surface area contributed by atoms with Gasteiger partial charge in [-0.15, -0.1) is 0 Å². The molecule has 7 heteroatoms. The van der Waals surface area contributed by atoms with Gasteiger partial charge in [0.05, 0.1) is 23.7 Å². The lowest BCUT2D eigenvalue weighted by atomic mass is 10.1. The Morgan fingerprint density at radius 1 is 1.04 bits per heavy atom. The van der Waals surface area contributed by atoms with Crippen LogP contribution in [0.2, 0.25) is 0 Å². The summed E-state index contributed by atoms with van der Waals surface area (Å²) in [6.07, 6.45) is 1.17. The van der Waals surface area contributed by atoms with Gasteiger partial charge in [0.25, 0.3) is 5.69 Å². The zero-order valence-electron chi connectivity index (χ0n) is 14.8. The molecule has 0 saturated heterocycles. The number of nitro groups is 1. The third kappa shape index (κ3) is 6.16. The summed E-state index contributed by atoms with van der Waals surface area (Å²) in [7, 11) is 0. The lowest BCUT2D eigenvalue weighted by Gasteiger charge is -2.07. The van der Waals surface area contributed by atoms with Crippen LogP contribution in [0.4, 0.5) is 5.69 Å². The van der Waals surface area contributed by atoms with Gasteiger partial charge in [0.2, 0.25) is 0 Å². The predicted molar refractivity (Wildman–Crippen MR) is 98.8 cm³/mol. The van der Waals surface area contributed by atoms with Crippen molar-refractivity contribution in [2.45, 2.75) is 13.5 Å². The SMILES string of the molecule is CC(=O)C(=Cc1ccccc1[N+](=O)[O-])C(=O)OCCOCc1ccccc1. The van der Waals surface area contributed by atoms with E-state index in [2.05, 4.69) is 0 Å². The molecule has 0 N–H and O–H groups in total. The van der Waals surface area contributed by atoms with E-state index in [0.717, 1.165) is 5.56 Å². The molecule has 0 unspecified atom stereocenters. The minimum Gasteiger partial charge on any atom is -0.460 e. The van der Waals surface area contributed by atoms with Crippen molar-refractivity contribution in [3.8, 4) is 0 Å². The van der Waals surface area contributed by atoms with E-state index in [1.54, 1.807) is 6.07 Å². The number of ketones is 1. The molecule has 0 aliphatic heterocycles. The highest BCUT2D eigenvalue weighted by Gasteiger charge is 2.19. The largest absolute Gasteiger partial charge is 0.460 e. The number of esters is 1. The number of para-hydroxylation sites is 1. The lowest BCUT2D eigenvalue weighted by molar-refractivity contribution is -0.385. The van der Waals surface area contributed by atoms with Gasteiger partial charge in [-0.25, -0.2) is 4.79 Å². The summed E-state index contributed by atoms with van der Waals surface area (Å²) in [5.41, 5.74) is 0.692. The van der Waals surface area contributed by atoms with Gasteiger partial charge < -0.3 is 9.47 Å². The van der Waals surface area contributed by atoms with Crippen LogP contribution in [0, 0.1) is 10.1 Å². The fourth-order valence-electron chi connectivity index (χ4n) is 2.27. The molecule has 2 aromatic rings. The number of carbonyl (C=O) groups is 2. The van der Waals surface area contributed by atoms with E-state index in [9.17, 15) is 19.7 Å². The minimum absolute atomic E-state index is 0.0346. The van der Waals surface area contributed by atoms with Crippen molar-refractivity contribution in [2.24, 2.45) is 0 Å². The number of hydrogen-bond donors (Lipinski definition) is 0. The Morgan fingerprint density at radius 3 is 2.37 bits per heavy atom. The van der Waals surface area contributed by atoms with Gasteiger partial charge in [-0.1, -0.05) is 42.5 Å². The second-order valence-corrected chi connectivity index (χ2v) is 5.60. The van der Waals surface area contributed by atoms with Gasteiger partial charge in [0.1, 0.15) is 12.2 Å². The van der Waals surface area contributed by atoms with Gasteiger partial charge in [0.15, 0.2) is 5.78 Å². The molecular weight excluding hydrogens is 350 g/mol. The summed E-state index contributed by atoms with van der Waals surface area (Å²) in [6.45, 7) is 1.71. The van der Waals surface area contributed by atoms with E-state index in [4.69, 9.17) is 9.47 Å². The molecule has 0 spiro atoms. The monoisotopic (exact) mass is 369 g/mol. The highest BCUT2D eigenvalue weighted by Crippen LogP contribution is 2.21. The first-order chi connectivity index (χ1) is 13.0. The lowest BCUT2D eigenvalue weighted by Crippen LogP contribution is -2.16. The van der Waals surface area contributed by atoms with Crippen molar-refractivity contribution in [1.82, 2.24) is 0 Å². The Hall–Kier alpha value is -3.32. The van der Waals surface area contributed by atoms with Crippen LogP contribution in [-0.2, 0) is 25.7 Å². The molecule has 0 aromatic heterocycles. The minimum atomic E-state index is -0.844. The molecular formula is C20H19NO6. The summed E-state index contributed by atoms with van der Waals surface area (Å²) in [6, 6.07) is 15.4. The smallest absolute Gasteiger partial charge is 0.341 e. The van der Waals surface area contributed by atoms with Crippen LogP contribution in [0.3, 0.4) is 0 Å². The first-order valence-electron chi connectivity index (χ1n) is 8.24. The molecule has 0 radical (unpaired) electrons. The molecule has 2 aromatic carbocycles. The fraction of sp³-hybridized carbons (Fsp3) is 0.200. The van der Waals surface area contributed by atoms with Gasteiger partial charge in [-0.05, 0) is 24.6 Å². The standard InChI is InChI=1S/C20H19NO6/c1-15(22)18(13-17-9-5-6-10-19(17)21(24)25)20(23)27-12-11-26-14-16-7-3-2-4-8-16/h2-10,13H,11-12,14H2,1H3. The van der Waals surface area contributed by atoms with Crippen molar-refractivity contribution in [2.75, 3.05) is 13.2 Å². The molecule has 7 nitrogen and oxygen atoms in total. The van der Waals surface area contributed by atoms with E-state index in [1.165, 1.54) is 31.2 Å². The van der Waals surface area contributed by atoms with Crippen molar-refractivity contribution in [3.05, 3.63) is 81.4 Å². The molecule has 0 fully saturated rings. The first-order valence-corrected chi connectivity index (χ1v) is 8.24. The van der Waals surface area contributed by atoms with Crippen molar-refractivity contribution in [3.63, 3.8) is 0 Å². The molecule has 0 atom stereocenters. The quantitative estimate of drug-likeness (QED) is 0.128. The Labute approximate surface area is 156 Å². The Bertz CT molecular complexity index is 845. The summed E-state index contributed by atoms with van der Waals surface area (Å²) in [5.74, 6) is -1.38. The summed E-state index contributed by atoms with van der Waals surface area (Å²) in [4.78, 5) is 34.4. The van der Waals surface area contributed by atoms with Gasteiger partial charge in [-0.3, -0.25) is 14.9 Å². The van der Waals surface area contributed by atoms with E-state index in [0.29, 0.717) is 6.61 Å². The van der Waals surface area contributed by atoms with Crippen LogP contribution < -0.4 is 0 Å². The van der Waals surface area contributed by atoms with Crippen LogP contribution in [0.5, 0.6) is 0 Å². The molecule has 27 heavy (non-hydrogen) atoms. The normalized spacial score (nSPS) is 11.1. The number of carbonyl (C=O) groups excluding carboxylic acids is 2. The average molecular weight is 369 g/mol. The molecule has 0 bridgehead atoms. The third-order valence-corrected chi connectivity index (χ3v) is 3.60. The van der Waals surface area contributed by atoms with E-state index >= 15 is 0 Å². The highest BCUT2D eigenvalue weighted by atomic mass is 16.6. The number of hydrogen-bond acceptors (Lipinski definition) is 6. The van der Waals surface area contributed by atoms with E-state index in [-0.39, 0.29) is 30.0 Å². The second-order valence-electron chi connectivity index (χ2n) is 5.60. The fourth-order valence-corrected chi connectivity index (χ4v) is 2.27. The molecule has 0 amide bonds. The van der Waals surface area contributed by atoms with Gasteiger partial charge in [-0.2, -0.15) is 0 Å². The van der Waals surface area contributed by atoms with Crippen molar-refractivity contribution >= 4 is 23.5 Å². The third-order valence-electron chi connectivity index (χ3n) is 3.60. The first kappa shape index (κ1) is 20.0. The van der Waals surface area contributed by atoms with Crippen LogP contribution in [-0.4, -0.2) is 29.9 Å². The molecule has 0 saturated carbocycles. The number of benzene rings is 2. The average Bonchev–Trinajstić information content (AvgIpc) is 2.66. The molecule has 140 valence electrons. The van der Waals surface area contributed by atoms with Crippen LogP contribution >= 0.6 is 0 Å². The number of nitrogens with zero attached hydrogens (tertiary/aromatic N) is 1. The number of rotatable bonds is 9. The van der Waals surface area contributed by atoms with Gasteiger partial charge >= 0.3 is 5.97 Å². The van der Waals surface area contributed by atoms with Crippen LogP contribution in [0.25, 0.3) is 6.08 Å². The van der Waals surface area contributed by atoms with E-state index < -0.39 is 16.7 Å². The Kier molecular flexibility index (Phi) is 7.39. The van der Waals surface area contributed by atoms with Crippen LogP contribution in [0.1, 0.15) is 18.1 Å².